The Bertz CT molecular complexity index is 589. The Morgan fingerprint density at radius 1 is 1.48 bits per heavy atom. The average molecular weight is 286 g/mol. The van der Waals surface area contributed by atoms with Crippen molar-refractivity contribution in [1.29, 1.82) is 0 Å². The molecule has 0 unspecified atom stereocenters. The first-order valence-electron chi connectivity index (χ1n) is 7.35. The fraction of sp³-hybridized carbons (Fsp3) is 0.600. The van der Waals surface area contributed by atoms with Crippen molar-refractivity contribution in [3.8, 4) is 12.3 Å². The van der Waals surface area contributed by atoms with Gasteiger partial charge >= 0.3 is 0 Å². The fourth-order valence-electron chi connectivity index (χ4n) is 2.42. The van der Waals surface area contributed by atoms with Gasteiger partial charge in [-0.25, -0.2) is 0 Å². The van der Waals surface area contributed by atoms with E-state index in [4.69, 9.17) is 10.9 Å². The summed E-state index contributed by atoms with van der Waals surface area (Å²) in [6.07, 6.45) is 10.8. The number of hydrogen-bond acceptors (Lipinski definition) is 5. The number of terminal acetylenes is 1. The van der Waals surface area contributed by atoms with Crippen LogP contribution in [0.25, 0.3) is 0 Å². The van der Waals surface area contributed by atoms with Crippen molar-refractivity contribution in [3.05, 3.63) is 17.5 Å². The number of carbonyl (C=O) groups is 1. The first kappa shape index (κ1) is 13.8. The lowest BCUT2D eigenvalue weighted by Gasteiger charge is -2.22. The van der Waals surface area contributed by atoms with Gasteiger partial charge in [0.05, 0.1) is 5.69 Å². The molecule has 3 rings (SSSR count). The summed E-state index contributed by atoms with van der Waals surface area (Å²) < 4.78 is 5.11. The molecule has 2 heterocycles. The minimum absolute atomic E-state index is 0.235. The molecule has 0 atom stereocenters. The van der Waals surface area contributed by atoms with E-state index in [0.29, 0.717) is 25.3 Å². The van der Waals surface area contributed by atoms with E-state index in [1.165, 1.54) is 6.42 Å². The molecule has 0 radical (unpaired) electrons. The SMILES string of the molecule is C#CCCC1(CCNC(=O)c2cc(C3CCC3)no2)N=N1. The van der Waals surface area contributed by atoms with Crippen LogP contribution < -0.4 is 5.32 Å². The third kappa shape index (κ3) is 3.13. The summed E-state index contributed by atoms with van der Waals surface area (Å²) >= 11 is 0. The molecule has 6 heteroatoms. The Morgan fingerprint density at radius 2 is 2.29 bits per heavy atom. The van der Waals surface area contributed by atoms with Gasteiger partial charge in [0.15, 0.2) is 5.66 Å². The monoisotopic (exact) mass is 286 g/mol. The molecule has 2 aliphatic rings. The Morgan fingerprint density at radius 3 is 2.90 bits per heavy atom. The van der Waals surface area contributed by atoms with Crippen molar-refractivity contribution in [2.75, 3.05) is 6.54 Å². The second-order valence-corrected chi connectivity index (χ2v) is 5.64. The van der Waals surface area contributed by atoms with E-state index in [-0.39, 0.29) is 17.3 Å². The summed E-state index contributed by atoms with van der Waals surface area (Å²) in [5.41, 5.74) is 0.530. The van der Waals surface area contributed by atoms with E-state index < -0.39 is 0 Å². The quantitative estimate of drug-likeness (QED) is 0.782. The molecule has 110 valence electrons. The molecule has 0 saturated heterocycles. The number of rotatable bonds is 7. The molecule has 1 saturated carbocycles. The van der Waals surface area contributed by atoms with E-state index >= 15 is 0 Å². The summed E-state index contributed by atoms with van der Waals surface area (Å²) in [4.78, 5) is 12.0. The zero-order chi connectivity index (χ0) is 14.7. The van der Waals surface area contributed by atoms with Gasteiger partial charge in [0.25, 0.3) is 5.91 Å². The number of hydrogen-bond donors (Lipinski definition) is 1. The van der Waals surface area contributed by atoms with Gasteiger partial charge in [0, 0.05) is 37.8 Å². The Balaban J connectivity index is 1.44. The van der Waals surface area contributed by atoms with Crippen molar-refractivity contribution < 1.29 is 9.32 Å². The van der Waals surface area contributed by atoms with Crippen molar-refractivity contribution in [2.45, 2.75) is 50.1 Å². The number of carbonyl (C=O) groups excluding carboxylic acids is 1. The van der Waals surface area contributed by atoms with Crippen molar-refractivity contribution in [1.82, 2.24) is 10.5 Å². The van der Waals surface area contributed by atoms with Gasteiger partial charge in [-0.2, -0.15) is 10.2 Å². The zero-order valence-corrected chi connectivity index (χ0v) is 11.8. The van der Waals surface area contributed by atoms with Crippen LogP contribution in [0.4, 0.5) is 0 Å². The van der Waals surface area contributed by atoms with Crippen LogP contribution in [-0.2, 0) is 0 Å². The fourth-order valence-corrected chi connectivity index (χ4v) is 2.42. The van der Waals surface area contributed by atoms with Crippen LogP contribution in [-0.4, -0.2) is 23.3 Å². The summed E-state index contributed by atoms with van der Waals surface area (Å²) in [5, 5.41) is 14.8. The standard InChI is InChI=1S/C15H18N4O2/c1-2-3-7-15(18-19-15)8-9-16-14(20)13-10-12(17-21-13)11-5-4-6-11/h1,10-11H,3-9H2,(H,16,20). The van der Waals surface area contributed by atoms with Crippen molar-refractivity contribution in [2.24, 2.45) is 10.2 Å². The molecule has 1 aliphatic heterocycles. The molecule has 1 aromatic rings. The molecule has 0 aromatic carbocycles. The van der Waals surface area contributed by atoms with Crippen LogP contribution in [0.1, 0.15) is 60.7 Å². The van der Waals surface area contributed by atoms with Gasteiger partial charge in [-0.05, 0) is 12.8 Å². The summed E-state index contributed by atoms with van der Waals surface area (Å²) in [5.74, 6) is 3.09. The normalized spacial score (nSPS) is 18.8. The van der Waals surface area contributed by atoms with Gasteiger partial charge in [0.2, 0.25) is 5.76 Å². The van der Waals surface area contributed by atoms with Crippen LogP contribution in [0.5, 0.6) is 0 Å². The maximum atomic E-state index is 12.0. The van der Waals surface area contributed by atoms with Crippen LogP contribution in [0.2, 0.25) is 0 Å². The average Bonchev–Trinajstić information content (AvgIpc) is 3.02. The highest BCUT2D eigenvalue weighted by molar-refractivity contribution is 5.91. The van der Waals surface area contributed by atoms with Gasteiger partial charge in [0.1, 0.15) is 0 Å². The third-order valence-corrected chi connectivity index (χ3v) is 4.14. The lowest BCUT2D eigenvalue weighted by Crippen LogP contribution is -2.28. The minimum Gasteiger partial charge on any atom is -0.351 e. The molecule has 6 nitrogen and oxygen atoms in total. The molecule has 1 aromatic heterocycles. The molecule has 21 heavy (non-hydrogen) atoms. The molecular weight excluding hydrogens is 268 g/mol. The molecule has 1 aliphatic carbocycles. The van der Waals surface area contributed by atoms with Gasteiger partial charge < -0.3 is 9.84 Å². The first-order chi connectivity index (χ1) is 10.2. The Hall–Kier alpha value is -2.16. The second-order valence-electron chi connectivity index (χ2n) is 5.64. The highest BCUT2D eigenvalue weighted by atomic mass is 16.5. The van der Waals surface area contributed by atoms with Gasteiger partial charge in [-0.15, -0.1) is 12.3 Å². The molecule has 1 N–H and O–H groups in total. The van der Waals surface area contributed by atoms with E-state index in [1.54, 1.807) is 6.07 Å². The van der Waals surface area contributed by atoms with E-state index in [0.717, 1.165) is 25.0 Å². The predicted molar refractivity (Wildman–Crippen MR) is 75.7 cm³/mol. The summed E-state index contributed by atoms with van der Waals surface area (Å²) in [6, 6.07) is 1.75. The molecule has 1 fully saturated rings. The van der Waals surface area contributed by atoms with Crippen molar-refractivity contribution >= 4 is 5.91 Å². The lowest BCUT2D eigenvalue weighted by atomic mass is 9.83. The topological polar surface area (TPSA) is 79.9 Å². The molecule has 0 spiro atoms. The van der Waals surface area contributed by atoms with Crippen LogP contribution in [0.3, 0.4) is 0 Å². The number of amides is 1. The molecule has 1 amide bonds. The third-order valence-electron chi connectivity index (χ3n) is 4.14. The van der Waals surface area contributed by atoms with E-state index in [2.05, 4.69) is 26.6 Å². The van der Waals surface area contributed by atoms with Gasteiger partial charge in [-0.1, -0.05) is 11.6 Å². The number of nitrogens with zero attached hydrogens (tertiary/aromatic N) is 3. The number of aromatic nitrogens is 1. The zero-order valence-electron chi connectivity index (χ0n) is 11.8. The van der Waals surface area contributed by atoms with Crippen LogP contribution >= 0.6 is 0 Å². The second kappa shape index (κ2) is 5.68. The Kier molecular flexibility index (Phi) is 3.74. The minimum atomic E-state index is -0.363. The maximum absolute atomic E-state index is 12.0. The largest absolute Gasteiger partial charge is 0.351 e. The summed E-state index contributed by atoms with van der Waals surface area (Å²) in [7, 11) is 0. The first-order valence-corrected chi connectivity index (χ1v) is 7.35. The smallest absolute Gasteiger partial charge is 0.289 e. The molecule has 0 bridgehead atoms. The van der Waals surface area contributed by atoms with E-state index in [1.807, 2.05) is 0 Å². The summed E-state index contributed by atoms with van der Waals surface area (Å²) in [6.45, 7) is 0.496. The molecular formula is C15H18N4O2. The van der Waals surface area contributed by atoms with Crippen LogP contribution in [0, 0.1) is 12.3 Å². The Labute approximate surface area is 123 Å². The highest BCUT2D eigenvalue weighted by Gasteiger charge is 2.38. The van der Waals surface area contributed by atoms with Crippen molar-refractivity contribution in [3.63, 3.8) is 0 Å². The maximum Gasteiger partial charge on any atom is 0.289 e. The number of nitrogens with one attached hydrogen (secondary N) is 1. The van der Waals surface area contributed by atoms with Crippen LogP contribution in [0.15, 0.2) is 20.8 Å². The lowest BCUT2D eigenvalue weighted by molar-refractivity contribution is 0.0914. The van der Waals surface area contributed by atoms with E-state index in [9.17, 15) is 4.79 Å². The van der Waals surface area contributed by atoms with Gasteiger partial charge in [-0.3, -0.25) is 4.79 Å². The highest BCUT2D eigenvalue weighted by Crippen LogP contribution is 2.36. The predicted octanol–water partition coefficient (Wildman–Crippen LogP) is 2.64.